The third-order valence-corrected chi connectivity index (χ3v) is 5.68. The number of ether oxygens (including phenoxy) is 1. The second kappa shape index (κ2) is 10.6. The van der Waals surface area contributed by atoms with Crippen molar-refractivity contribution in [1.82, 2.24) is 10.2 Å². The fraction of sp³-hybridized carbons (Fsp3) is 0.364. The average molecular weight is 482 g/mol. The number of nitrogens with one attached hydrogen (secondary N) is 1. The number of aryl methyl sites for hydroxylation is 2. The van der Waals surface area contributed by atoms with Gasteiger partial charge in [0, 0.05) is 22.6 Å². The van der Waals surface area contributed by atoms with E-state index in [1.165, 1.54) is 4.90 Å². The Morgan fingerprint density at radius 3 is 2.31 bits per heavy atom. The smallest absolute Gasteiger partial charge is 0.261 e. The molecule has 0 aliphatic heterocycles. The third kappa shape index (κ3) is 6.47. The van der Waals surface area contributed by atoms with Crippen molar-refractivity contribution in [1.29, 1.82) is 0 Å². The SMILES string of the molecule is CCNC(=O)[C@H](C)N(Cc1ccc(Br)cc1)C(=O)COc1cc(C)c(Cl)c(C)c1. The van der Waals surface area contributed by atoms with Gasteiger partial charge in [0.1, 0.15) is 11.8 Å². The molecule has 2 amide bonds. The molecular formula is C22H26BrClN2O3. The lowest BCUT2D eigenvalue weighted by molar-refractivity contribution is -0.142. The summed E-state index contributed by atoms with van der Waals surface area (Å²) in [5, 5.41) is 3.46. The normalized spacial score (nSPS) is 11.7. The van der Waals surface area contributed by atoms with Crippen LogP contribution in [0.5, 0.6) is 5.75 Å². The van der Waals surface area contributed by atoms with Gasteiger partial charge < -0.3 is 15.0 Å². The highest BCUT2D eigenvalue weighted by molar-refractivity contribution is 9.10. The highest BCUT2D eigenvalue weighted by Gasteiger charge is 2.26. The van der Waals surface area contributed by atoms with Crippen LogP contribution in [0.1, 0.15) is 30.5 Å². The van der Waals surface area contributed by atoms with Crippen molar-refractivity contribution in [3.8, 4) is 5.75 Å². The van der Waals surface area contributed by atoms with Gasteiger partial charge in [-0.25, -0.2) is 0 Å². The van der Waals surface area contributed by atoms with Crippen molar-refractivity contribution in [2.24, 2.45) is 0 Å². The van der Waals surface area contributed by atoms with E-state index in [9.17, 15) is 9.59 Å². The topological polar surface area (TPSA) is 58.6 Å². The summed E-state index contributed by atoms with van der Waals surface area (Å²) in [5.74, 6) is 0.111. The van der Waals surface area contributed by atoms with Crippen LogP contribution in [0.25, 0.3) is 0 Å². The van der Waals surface area contributed by atoms with Crippen LogP contribution in [0.2, 0.25) is 5.02 Å². The number of hydrogen-bond donors (Lipinski definition) is 1. The molecule has 0 fully saturated rings. The van der Waals surface area contributed by atoms with Crippen LogP contribution in [0, 0.1) is 13.8 Å². The summed E-state index contributed by atoms with van der Waals surface area (Å²) in [4.78, 5) is 26.9. The molecule has 0 aliphatic rings. The maximum atomic E-state index is 13.0. The van der Waals surface area contributed by atoms with Gasteiger partial charge in [-0.05, 0) is 68.7 Å². The fourth-order valence-electron chi connectivity index (χ4n) is 2.91. The first kappa shape index (κ1) is 23.2. The molecule has 0 radical (unpaired) electrons. The van der Waals surface area contributed by atoms with Crippen molar-refractivity contribution in [2.75, 3.05) is 13.2 Å². The number of nitrogens with zero attached hydrogens (tertiary/aromatic N) is 1. The Hall–Kier alpha value is -2.05. The van der Waals surface area contributed by atoms with Gasteiger partial charge in [-0.1, -0.05) is 39.7 Å². The second-order valence-corrected chi connectivity index (χ2v) is 8.17. The molecule has 2 aromatic rings. The van der Waals surface area contributed by atoms with Gasteiger partial charge in [0.25, 0.3) is 5.91 Å². The zero-order valence-electron chi connectivity index (χ0n) is 17.1. The monoisotopic (exact) mass is 480 g/mol. The Kier molecular flexibility index (Phi) is 8.53. The van der Waals surface area contributed by atoms with Crippen molar-refractivity contribution in [3.63, 3.8) is 0 Å². The van der Waals surface area contributed by atoms with E-state index < -0.39 is 6.04 Å². The van der Waals surface area contributed by atoms with E-state index in [0.717, 1.165) is 21.2 Å². The van der Waals surface area contributed by atoms with E-state index in [2.05, 4.69) is 21.2 Å². The van der Waals surface area contributed by atoms with E-state index in [0.29, 0.717) is 23.9 Å². The van der Waals surface area contributed by atoms with Crippen LogP contribution in [-0.4, -0.2) is 35.9 Å². The van der Waals surface area contributed by atoms with E-state index in [-0.39, 0.29) is 18.4 Å². The van der Waals surface area contributed by atoms with E-state index in [1.54, 1.807) is 19.1 Å². The van der Waals surface area contributed by atoms with Gasteiger partial charge in [-0.3, -0.25) is 9.59 Å². The number of carbonyl (C=O) groups is 2. The van der Waals surface area contributed by atoms with Crippen LogP contribution < -0.4 is 10.1 Å². The van der Waals surface area contributed by atoms with Gasteiger partial charge >= 0.3 is 0 Å². The summed E-state index contributed by atoms with van der Waals surface area (Å²) in [5.41, 5.74) is 2.70. The Morgan fingerprint density at radius 2 is 1.76 bits per heavy atom. The molecule has 0 heterocycles. The summed E-state index contributed by atoms with van der Waals surface area (Å²) >= 11 is 9.60. The standard InChI is InChI=1S/C22H26BrClN2O3/c1-5-25-22(28)16(4)26(12-17-6-8-18(23)9-7-17)20(27)13-29-19-10-14(2)21(24)15(3)11-19/h6-11,16H,5,12-13H2,1-4H3,(H,25,28)/t16-/m0/s1. The number of halogens is 2. The number of carbonyl (C=O) groups excluding carboxylic acids is 2. The van der Waals surface area contributed by atoms with Crippen molar-refractivity contribution < 1.29 is 14.3 Å². The summed E-state index contributed by atoms with van der Waals surface area (Å²) < 4.78 is 6.67. The van der Waals surface area contributed by atoms with Crippen molar-refractivity contribution in [3.05, 3.63) is 62.6 Å². The molecule has 0 aliphatic carbocycles. The Morgan fingerprint density at radius 1 is 1.17 bits per heavy atom. The highest BCUT2D eigenvalue weighted by Crippen LogP contribution is 2.26. The van der Waals surface area contributed by atoms with Gasteiger partial charge in [-0.15, -0.1) is 0 Å². The number of benzene rings is 2. The molecule has 1 N–H and O–H groups in total. The van der Waals surface area contributed by atoms with E-state index in [1.807, 2.05) is 45.0 Å². The first-order valence-electron chi connectivity index (χ1n) is 9.44. The summed E-state index contributed by atoms with van der Waals surface area (Å²) in [6, 6.07) is 10.6. The molecule has 7 heteroatoms. The van der Waals surface area contributed by atoms with Crippen LogP contribution >= 0.6 is 27.5 Å². The minimum absolute atomic E-state index is 0.166. The largest absolute Gasteiger partial charge is 0.484 e. The van der Waals surface area contributed by atoms with Crippen LogP contribution in [0.3, 0.4) is 0 Å². The van der Waals surface area contributed by atoms with Crippen LogP contribution in [0.4, 0.5) is 0 Å². The first-order chi connectivity index (χ1) is 13.7. The van der Waals surface area contributed by atoms with E-state index >= 15 is 0 Å². The maximum absolute atomic E-state index is 13.0. The Bertz CT molecular complexity index is 848. The molecule has 2 aromatic carbocycles. The fourth-order valence-corrected chi connectivity index (χ4v) is 3.28. The Labute approximate surface area is 185 Å². The summed E-state index contributed by atoms with van der Waals surface area (Å²) in [6.07, 6.45) is 0. The number of rotatable bonds is 8. The zero-order chi connectivity index (χ0) is 21.6. The minimum atomic E-state index is -0.622. The molecular weight excluding hydrogens is 456 g/mol. The van der Waals surface area contributed by atoms with Gasteiger partial charge in [-0.2, -0.15) is 0 Å². The van der Waals surface area contributed by atoms with Crippen LogP contribution in [0.15, 0.2) is 40.9 Å². The predicted molar refractivity (Wildman–Crippen MR) is 119 cm³/mol. The summed E-state index contributed by atoms with van der Waals surface area (Å²) in [7, 11) is 0. The molecule has 0 saturated carbocycles. The number of amides is 2. The van der Waals surface area contributed by atoms with Crippen LogP contribution in [-0.2, 0) is 16.1 Å². The molecule has 29 heavy (non-hydrogen) atoms. The first-order valence-corrected chi connectivity index (χ1v) is 10.6. The molecule has 156 valence electrons. The highest BCUT2D eigenvalue weighted by atomic mass is 79.9. The lowest BCUT2D eigenvalue weighted by atomic mass is 10.1. The lowest BCUT2D eigenvalue weighted by Gasteiger charge is -2.28. The molecule has 0 unspecified atom stereocenters. The van der Waals surface area contributed by atoms with Crippen molar-refractivity contribution >= 4 is 39.3 Å². The molecule has 0 saturated heterocycles. The number of hydrogen-bond acceptors (Lipinski definition) is 3. The molecule has 0 aromatic heterocycles. The van der Waals surface area contributed by atoms with Gasteiger partial charge in [0.2, 0.25) is 5.91 Å². The van der Waals surface area contributed by atoms with Gasteiger partial charge in [0.15, 0.2) is 6.61 Å². The van der Waals surface area contributed by atoms with E-state index in [4.69, 9.17) is 16.3 Å². The molecule has 0 bridgehead atoms. The second-order valence-electron chi connectivity index (χ2n) is 6.88. The lowest BCUT2D eigenvalue weighted by Crippen LogP contribution is -2.49. The maximum Gasteiger partial charge on any atom is 0.261 e. The summed E-state index contributed by atoms with van der Waals surface area (Å²) in [6.45, 7) is 8.00. The zero-order valence-corrected chi connectivity index (χ0v) is 19.4. The Balaban J connectivity index is 2.16. The minimum Gasteiger partial charge on any atom is -0.484 e. The molecule has 2 rings (SSSR count). The van der Waals surface area contributed by atoms with Gasteiger partial charge in [0.05, 0.1) is 0 Å². The predicted octanol–water partition coefficient (Wildman–Crippen LogP) is 4.65. The van der Waals surface area contributed by atoms with Crippen molar-refractivity contribution in [2.45, 2.75) is 40.3 Å². The molecule has 0 spiro atoms. The quantitative estimate of drug-likeness (QED) is 0.597. The average Bonchev–Trinajstić information content (AvgIpc) is 2.69. The molecule has 5 nitrogen and oxygen atoms in total. The number of likely N-dealkylation sites (N-methyl/N-ethyl adjacent to an activating group) is 1. The molecule has 1 atom stereocenters. The third-order valence-electron chi connectivity index (χ3n) is 4.56.